The molecule has 1 heterocycles. The van der Waals surface area contributed by atoms with Crippen molar-refractivity contribution in [1.82, 2.24) is 15.1 Å². The van der Waals surface area contributed by atoms with Crippen molar-refractivity contribution in [3.05, 3.63) is 41.5 Å². The van der Waals surface area contributed by atoms with Crippen LogP contribution in [0.5, 0.6) is 0 Å². The zero-order chi connectivity index (χ0) is 19.2. The maximum Gasteiger partial charge on any atom is 0.409 e. The minimum atomic E-state index is -0.328. The maximum absolute atomic E-state index is 12.3. The Morgan fingerprint density at radius 2 is 1.70 bits per heavy atom. The Morgan fingerprint density at radius 1 is 1.07 bits per heavy atom. The van der Waals surface area contributed by atoms with Crippen molar-refractivity contribution < 1.29 is 19.1 Å². The van der Waals surface area contributed by atoms with Crippen molar-refractivity contribution in [1.29, 1.82) is 0 Å². The normalized spacial score (nSPS) is 17.1. The predicted octanol–water partition coefficient (Wildman–Crippen LogP) is 1.89. The third-order valence-electron chi connectivity index (χ3n) is 4.62. The zero-order valence-electron chi connectivity index (χ0n) is 15.5. The van der Waals surface area contributed by atoms with Crippen LogP contribution in [0.1, 0.15) is 35.7 Å². The van der Waals surface area contributed by atoms with E-state index in [1.54, 1.807) is 34.9 Å². The van der Waals surface area contributed by atoms with E-state index >= 15 is 0 Å². The summed E-state index contributed by atoms with van der Waals surface area (Å²) in [7, 11) is 0. The van der Waals surface area contributed by atoms with Gasteiger partial charge < -0.3 is 19.9 Å². The molecule has 27 heavy (non-hydrogen) atoms. The predicted molar refractivity (Wildman–Crippen MR) is 101 cm³/mol. The fourth-order valence-corrected chi connectivity index (χ4v) is 2.84. The topological polar surface area (TPSA) is 79.0 Å². The second-order valence-corrected chi connectivity index (χ2v) is 6.71. The molecule has 2 aliphatic rings. The van der Waals surface area contributed by atoms with Crippen LogP contribution in [0.2, 0.25) is 0 Å². The number of amides is 3. The van der Waals surface area contributed by atoms with Crippen molar-refractivity contribution in [3.63, 3.8) is 0 Å². The number of hydrogen-bond acceptors (Lipinski definition) is 4. The second kappa shape index (κ2) is 8.70. The van der Waals surface area contributed by atoms with Crippen LogP contribution in [0.4, 0.5) is 4.79 Å². The molecule has 2 fully saturated rings. The van der Waals surface area contributed by atoms with Crippen LogP contribution < -0.4 is 5.32 Å². The molecule has 1 aliphatic carbocycles. The average molecular weight is 371 g/mol. The minimum Gasteiger partial charge on any atom is -0.450 e. The lowest BCUT2D eigenvalue weighted by atomic mass is 10.1. The van der Waals surface area contributed by atoms with Gasteiger partial charge in [0.05, 0.1) is 6.61 Å². The lowest BCUT2D eigenvalue weighted by Gasteiger charge is -2.33. The molecule has 144 valence electrons. The molecular formula is C20H25N3O4. The smallest absolute Gasteiger partial charge is 0.409 e. The molecule has 1 saturated carbocycles. The summed E-state index contributed by atoms with van der Waals surface area (Å²) in [5.41, 5.74) is 1.48. The molecule has 0 bridgehead atoms. The van der Waals surface area contributed by atoms with Crippen molar-refractivity contribution in [2.45, 2.75) is 25.8 Å². The Balaban J connectivity index is 1.48. The van der Waals surface area contributed by atoms with Gasteiger partial charge in [0, 0.05) is 43.9 Å². The Labute approximate surface area is 159 Å². The van der Waals surface area contributed by atoms with Crippen molar-refractivity contribution >= 4 is 24.0 Å². The van der Waals surface area contributed by atoms with E-state index in [-0.39, 0.29) is 17.9 Å². The molecule has 7 nitrogen and oxygen atoms in total. The van der Waals surface area contributed by atoms with E-state index in [1.165, 1.54) is 6.08 Å². The van der Waals surface area contributed by atoms with Crippen molar-refractivity contribution in [2.75, 3.05) is 32.8 Å². The lowest BCUT2D eigenvalue weighted by Crippen LogP contribution is -2.50. The molecule has 0 unspecified atom stereocenters. The van der Waals surface area contributed by atoms with Crippen LogP contribution in [0.3, 0.4) is 0 Å². The van der Waals surface area contributed by atoms with Gasteiger partial charge in [-0.3, -0.25) is 9.59 Å². The highest BCUT2D eigenvalue weighted by Gasteiger charge is 2.24. The average Bonchev–Trinajstić information content (AvgIpc) is 3.51. The monoisotopic (exact) mass is 371 g/mol. The summed E-state index contributed by atoms with van der Waals surface area (Å²) in [5, 5.41) is 2.95. The molecule has 0 aromatic heterocycles. The minimum absolute atomic E-state index is 0.0522. The van der Waals surface area contributed by atoms with Gasteiger partial charge in [0.1, 0.15) is 0 Å². The third-order valence-corrected chi connectivity index (χ3v) is 4.62. The molecule has 3 amide bonds. The molecule has 1 aromatic rings. The molecule has 0 spiro atoms. The summed E-state index contributed by atoms with van der Waals surface area (Å²) in [4.78, 5) is 39.3. The van der Waals surface area contributed by atoms with E-state index in [0.717, 1.165) is 18.4 Å². The highest BCUT2D eigenvalue weighted by Crippen LogP contribution is 2.19. The van der Waals surface area contributed by atoms with Crippen LogP contribution in [0.15, 0.2) is 30.3 Å². The largest absolute Gasteiger partial charge is 0.450 e. The molecule has 1 aliphatic heterocycles. The van der Waals surface area contributed by atoms with Gasteiger partial charge in [0.25, 0.3) is 5.91 Å². The number of nitrogens with one attached hydrogen (secondary N) is 1. The summed E-state index contributed by atoms with van der Waals surface area (Å²) in [6.45, 7) is 4.05. The molecule has 3 rings (SSSR count). The lowest BCUT2D eigenvalue weighted by molar-refractivity contribution is -0.127. The van der Waals surface area contributed by atoms with E-state index in [9.17, 15) is 14.4 Å². The molecule has 7 heteroatoms. The fraction of sp³-hybridized carbons (Fsp3) is 0.450. The van der Waals surface area contributed by atoms with Gasteiger partial charge in [-0.15, -0.1) is 0 Å². The van der Waals surface area contributed by atoms with E-state index < -0.39 is 0 Å². The van der Waals surface area contributed by atoms with E-state index in [1.807, 2.05) is 12.1 Å². The van der Waals surface area contributed by atoms with Gasteiger partial charge in [-0.1, -0.05) is 12.1 Å². The Bertz CT molecular complexity index is 717. The highest BCUT2D eigenvalue weighted by atomic mass is 16.6. The van der Waals surface area contributed by atoms with Gasteiger partial charge in [-0.2, -0.15) is 0 Å². The molecule has 1 N–H and O–H groups in total. The zero-order valence-corrected chi connectivity index (χ0v) is 15.5. The quantitative estimate of drug-likeness (QED) is 0.802. The number of piperazine rings is 1. The van der Waals surface area contributed by atoms with Crippen LogP contribution in [-0.4, -0.2) is 66.5 Å². The van der Waals surface area contributed by atoms with Crippen LogP contribution >= 0.6 is 0 Å². The first-order valence-corrected chi connectivity index (χ1v) is 9.36. The summed E-state index contributed by atoms with van der Waals surface area (Å²) < 4.78 is 4.97. The summed E-state index contributed by atoms with van der Waals surface area (Å²) in [5.74, 6) is -0.141. The van der Waals surface area contributed by atoms with E-state index in [2.05, 4.69) is 5.32 Å². The van der Waals surface area contributed by atoms with Gasteiger partial charge in [0.15, 0.2) is 0 Å². The number of carbonyl (C=O) groups is 3. The number of carbonyl (C=O) groups excluding carboxylic acids is 3. The Hall–Kier alpha value is -2.83. The molecule has 0 radical (unpaired) electrons. The Morgan fingerprint density at radius 3 is 2.30 bits per heavy atom. The van der Waals surface area contributed by atoms with Crippen molar-refractivity contribution in [2.24, 2.45) is 0 Å². The highest BCUT2D eigenvalue weighted by molar-refractivity contribution is 5.95. The first-order valence-electron chi connectivity index (χ1n) is 9.36. The summed E-state index contributed by atoms with van der Waals surface area (Å²) in [6.07, 6.45) is 5.05. The second-order valence-electron chi connectivity index (χ2n) is 6.71. The van der Waals surface area contributed by atoms with Gasteiger partial charge >= 0.3 is 6.09 Å². The first-order chi connectivity index (χ1) is 13.1. The van der Waals surface area contributed by atoms with Crippen molar-refractivity contribution in [3.8, 4) is 0 Å². The summed E-state index contributed by atoms with van der Waals surface area (Å²) in [6, 6.07) is 7.51. The fourth-order valence-electron chi connectivity index (χ4n) is 2.84. The van der Waals surface area contributed by atoms with E-state index in [0.29, 0.717) is 44.4 Å². The Kier molecular flexibility index (Phi) is 6.11. The third kappa shape index (κ3) is 5.32. The first kappa shape index (κ1) is 18.9. The number of ether oxygens (including phenoxy) is 1. The molecule has 1 aromatic carbocycles. The SMILES string of the molecule is CCOC(=O)N1CCN(C(=O)/C=C/c2ccc(C(=O)NC3CC3)cc2)CC1. The maximum atomic E-state index is 12.3. The van der Waals surface area contributed by atoms with E-state index in [4.69, 9.17) is 4.74 Å². The molecule has 0 atom stereocenters. The summed E-state index contributed by atoms with van der Waals surface area (Å²) >= 11 is 0. The number of rotatable bonds is 5. The van der Waals surface area contributed by atoms with Crippen LogP contribution in [0.25, 0.3) is 6.08 Å². The number of hydrogen-bond donors (Lipinski definition) is 1. The standard InChI is InChI=1S/C20H25N3O4/c1-2-27-20(26)23-13-11-22(12-14-23)18(24)10-5-15-3-6-16(7-4-15)19(25)21-17-8-9-17/h3-7,10,17H,2,8-9,11-14H2,1H3,(H,21,25)/b10-5+. The molecular weight excluding hydrogens is 346 g/mol. The number of benzene rings is 1. The van der Waals surface area contributed by atoms with Crippen LogP contribution in [-0.2, 0) is 9.53 Å². The van der Waals surface area contributed by atoms with Gasteiger partial charge in [0.2, 0.25) is 5.91 Å². The van der Waals surface area contributed by atoms with Gasteiger partial charge in [-0.05, 0) is 43.5 Å². The van der Waals surface area contributed by atoms with Gasteiger partial charge in [-0.25, -0.2) is 4.79 Å². The van der Waals surface area contributed by atoms with Crippen LogP contribution in [0, 0.1) is 0 Å². The molecule has 1 saturated heterocycles. The number of nitrogens with zero attached hydrogens (tertiary/aromatic N) is 2.